The van der Waals surface area contributed by atoms with E-state index in [0.29, 0.717) is 5.56 Å². The van der Waals surface area contributed by atoms with Crippen LogP contribution in [0.4, 0.5) is 0 Å². The lowest BCUT2D eigenvalue weighted by molar-refractivity contribution is 0.0600. The third-order valence-electron chi connectivity index (χ3n) is 5.43. The van der Waals surface area contributed by atoms with E-state index in [0.717, 1.165) is 28.7 Å². The molecule has 0 aromatic heterocycles. The fraction of sp³-hybridized carbons (Fsp3) is 0.321. The van der Waals surface area contributed by atoms with E-state index in [9.17, 15) is 4.79 Å². The van der Waals surface area contributed by atoms with Crippen molar-refractivity contribution < 1.29 is 9.53 Å². The van der Waals surface area contributed by atoms with Gasteiger partial charge in [-0.15, -0.1) is 0 Å². The molecule has 0 fully saturated rings. The van der Waals surface area contributed by atoms with Gasteiger partial charge in [0, 0.05) is 11.0 Å². The summed E-state index contributed by atoms with van der Waals surface area (Å²) in [6, 6.07) is 13.9. The van der Waals surface area contributed by atoms with E-state index in [1.165, 1.54) is 18.2 Å². The Kier molecular flexibility index (Phi) is 5.77. The van der Waals surface area contributed by atoms with Crippen LogP contribution < -0.4 is 0 Å². The number of hydrogen-bond acceptors (Lipinski definition) is 2. The Balaban J connectivity index is 2.01. The number of carbonyl (C=O) groups excluding carboxylic acids is 1. The second-order valence-electron chi connectivity index (χ2n) is 9.51. The third kappa shape index (κ3) is 4.57. The molecule has 3 rings (SSSR count). The number of esters is 1. The summed E-state index contributed by atoms with van der Waals surface area (Å²) in [5.41, 5.74) is 7.11. The van der Waals surface area contributed by atoms with Crippen LogP contribution in [0.15, 0.2) is 55.1 Å². The minimum Gasteiger partial charge on any atom is -0.465 e. The first-order valence-electron chi connectivity index (χ1n) is 10.3. The van der Waals surface area contributed by atoms with Gasteiger partial charge in [-0.2, -0.15) is 0 Å². The number of carbonyl (C=O) groups is 1. The van der Waals surface area contributed by atoms with Crippen molar-refractivity contribution in [2.45, 2.75) is 46.5 Å². The summed E-state index contributed by atoms with van der Waals surface area (Å²) in [7, 11) is 1.39. The zero-order valence-electron chi connectivity index (χ0n) is 18.8. The SMILES string of the molecule is C=C(c1ccc(C(=O)OC)cc1)c1ccc2c(c1)C(C#CC(C)(C)C)=CCC2(C)C. The zero-order chi connectivity index (χ0) is 22.1. The molecule has 1 aliphatic rings. The van der Waals surface area contributed by atoms with E-state index in [1.54, 1.807) is 12.1 Å². The third-order valence-corrected chi connectivity index (χ3v) is 5.43. The van der Waals surface area contributed by atoms with Crippen molar-refractivity contribution >= 4 is 17.1 Å². The van der Waals surface area contributed by atoms with Gasteiger partial charge in [0.15, 0.2) is 0 Å². The van der Waals surface area contributed by atoms with Gasteiger partial charge in [-0.3, -0.25) is 0 Å². The fourth-order valence-electron chi connectivity index (χ4n) is 3.59. The highest BCUT2D eigenvalue weighted by atomic mass is 16.5. The molecule has 0 aliphatic heterocycles. The summed E-state index contributed by atoms with van der Waals surface area (Å²) in [6.45, 7) is 15.3. The lowest BCUT2D eigenvalue weighted by atomic mass is 9.72. The molecule has 0 bridgehead atoms. The molecule has 30 heavy (non-hydrogen) atoms. The van der Waals surface area contributed by atoms with Crippen molar-refractivity contribution in [1.82, 2.24) is 0 Å². The van der Waals surface area contributed by atoms with E-state index in [2.05, 4.69) is 77.3 Å². The number of fused-ring (bicyclic) bond motifs is 1. The fourth-order valence-corrected chi connectivity index (χ4v) is 3.59. The first-order valence-corrected chi connectivity index (χ1v) is 10.3. The second-order valence-corrected chi connectivity index (χ2v) is 9.51. The van der Waals surface area contributed by atoms with Gasteiger partial charge in [-0.05, 0) is 78.6 Å². The normalized spacial score (nSPS) is 14.7. The van der Waals surface area contributed by atoms with E-state index >= 15 is 0 Å². The number of methoxy groups -OCH3 is 1. The molecule has 2 aromatic rings. The average molecular weight is 399 g/mol. The van der Waals surface area contributed by atoms with Gasteiger partial charge in [-0.1, -0.05) is 62.6 Å². The maximum atomic E-state index is 11.7. The van der Waals surface area contributed by atoms with Crippen LogP contribution >= 0.6 is 0 Å². The molecule has 2 nitrogen and oxygen atoms in total. The second kappa shape index (κ2) is 8.00. The monoisotopic (exact) mass is 398 g/mol. The first kappa shape index (κ1) is 21.7. The maximum absolute atomic E-state index is 11.7. The Morgan fingerprint density at radius 3 is 2.23 bits per heavy atom. The van der Waals surface area contributed by atoms with E-state index < -0.39 is 0 Å². The van der Waals surface area contributed by atoms with Crippen molar-refractivity contribution in [3.8, 4) is 11.8 Å². The highest BCUT2D eigenvalue weighted by Gasteiger charge is 2.28. The molecule has 0 unspecified atom stereocenters. The first-order chi connectivity index (χ1) is 14.0. The average Bonchev–Trinajstić information content (AvgIpc) is 2.71. The van der Waals surface area contributed by atoms with Crippen molar-refractivity contribution in [3.63, 3.8) is 0 Å². The van der Waals surface area contributed by atoms with Gasteiger partial charge in [-0.25, -0.2) is 4.79 Å². The molecule has 0 heterocycles. The summed E-state index contributed by atoms with van der Waals surface area (Å²) in [5.74, 6) is 6.46. The molecule has 2 heteroatoms. The van der Waals surface area contributed by atoms with Crippen LogP contribution in [0, 0.1) is 17.3 Å². The molecule has 0 saturated heterocycles. The highest BCUT2D eigenvalue weighted by molar-refractivity contribution is 5.91. The quantitative estimate of drug-likeness (QED) is 0.427. The van der Waals surface area contributed by atoms with E-state index in [1.807, 2.05) is 12.1 Å². The Morgan fingerprint density at radius 1 is 1.03 bits per heavy atom. The molecule has 0 radical (unpaired) electrons. The van der Waals surface area contributed by atoms with Crippen LogP contribution in [0.3, 0.4) is 0 Å². The van der Waals surface area contributed by atoms with Crippen molar-refractivity contribution in [2.75, 3.05) is 7.11 Å². The Bertz CT molecular complexity index is 1080. The molecule has 0 amide bonds. The van der Waals surface area contributed by atoms with Crippen LogP contribution in [0.2, 0.25) is 0 Å². The summed E-state index contributed by atoms with van der Waals surface area (Å²) in [5, 5.41) is 0. The highest BCUT2D eigenvalue weighted by Crippen LogP contribution is 2.40. The van der Waals surface area contributed by atoms with Gasteiger partial charge < -0.3 is 4.74 Å². The standard InChI is InChI=1S/C28H30O2/c1-19(20-8-10-22(11-9-20)26(29)30-7)23-12-13-25-24(18-23)21(14-16-27(2,3)4)15-17-28(25,5)6/h8-13,15,18H,1,17H2,2-7H3. The van der Waals surface area contributed by atoms with Crippen LogP contribution in [-0.4, -0.2) is 13.1 Å². The Hall–Kier alpha value is -3.05. The lowest BCUT2D eigenvalue weighted by Gasteiger charge is -2.31. The molecule has 0 N–H and O–H groups in total. The molecule has 0 saturated carbocycles. The van der Waals surface area contributed by atoms with Crippen LogP contribution in [0.1, 0.15) is 73.7 Å². The van der Waals surface area contributed by atoms with Gasteiger partial charge in [0.1, 0.15) is 0 Å². The van der Waals surface area contributed by atoms with E-state index in [-0.39, 0.29) is 16.8 Å². The summed E-state index contributed by atoms with van der Waals surface area (Å²) in [4.78, 5) is 11.7. The molecule has 0 atom stereocenters. The lowest BCUT2D eigenvalue weighted by Crippen LogP contribution is -2.21. The number of benzene rings is 2. The summed E-state index contributed by atoms with van der Waals surface area (Å²) < 4.78 is 4.78. The zero-order valence-corrected chi connectivity index (χ0v) is 18.8. The van der Waals surface area contributed by atoms with Crippen molar-refractivity contribution in [3.05, 3.63) is 82.9 Å². The number of ether oxygens (including phenoxy) is 1. The predicted octanol–water partition coefficient (Wildman–Crippen LogP) is 6.65. The summed E-state index contributed by atoms with van der Waals surface area (Å²) in [6.07, 6.45) is 3.24. The molecule has 1 aliphatic carbocycles. The van der Waals surface area contributed by atoms with Crippen LogP contribution in [-0.2, 0) is 10.2 Å². The Labute approximate surface area is 180 Å². The smallest absolute Gasteiger partial charge is 0.337 e. The minimum absolute atomic E-state index is 0.0451. The number of rotatable bonds is 3. The van der Waals surface area contributed by atoms with Crippen molar-refractivity contribution in [2.24, 2.45) is 5.41 Å². The van der Waals surface area contributed by atoms with Crippen molar-refractivity contribution in [1.29, 1.82) is 0 Å². The molecule has 2 aromatic carbocycles. The van der Waals surface area contributed by atoms with Gasteiger partial charge in [0.05, 0.1) is 12.7 Å². The largest absolute Gasteiger partial charge is 0.465 e. The maximum Gasteiger partial charge on any atom is 0.337 e. The van der Waals surface area contributed by atoms with Gasteiger partial charge in [0.25, 0.3) is 0 Å². The minimum atomic E-state index is -0.338. The topological polar surface area (TPSA) is 26.3 Å². The molecular formula is C28H30O2. The molecule has 154 valence electrons. The predicted molar refractivity (Wildman–Crippen MR) is 125 cm³/mol. The number of hydrogen-bond donors (Lipinski definition) is 0. The van der Waals surface area contributed by atoms with Crippen LogP contribution in [0.5, 0.6) is 0 Å². The van der Waals surface area contributed by atoms with Crippen LogP contribution in [0.25, 0.3) is 11.1 Å². The molecular weight excluding hydrogens is 368 g/mol. The Morgan fingerprint density at radius 2 is 1.63 bits per heavy atom. The number of allylic oxidation sites excluding steroid dienone is 2. The van der Waals surface area contributed by atoms with Gasteiger partial charge >= 0.3 is 5.97 Å². The summed E-state index contributed by atoms with van der Waals surface area (Å²) >= 11 is 0. The van der Waals surface area contributed by atoms with E-state index in [4.69, 9.17) is 4.74 Å². The van der Waals surface area contributed by atoms with Gasteiger partial charge in [0.2, 0.25) is 0 Å². The molecule has 0 spiro atoms.